The Morgan fingerprint density at radius 3 is 2.83 bits per heavy atom. The van der Waals surface area contributed by atoms with Gasteiger partial charge in [-0.05, 0) is 61.1 Å². The quantitative estimate of drug-likeness (QED) is 0.577. The molecule has 0 fully saturated rings. The number of aromatic amines is 1. The van der Waals surface area contributed by atoms with Gasteiger partial charge < -0.3 is 4.74 Å². The van der Waals surface area contributed by atoms with Gasteiger partial charge in [-0.1, -0.05) is 0 Å². The molecule has 1 N–H and O–H groups in total. The molecule has 0 aliphatic carbocycles. The predicted molar refractivity (Wildman–Crippen MR) is 91.2 cm³/mol. The third-order valence-electron chi connectivity index (χ3n) is 3.08. The van der Waals surface area contributed by atoms with E-state index in [9.17, 15) is 0 Å². The molecule has 0 aliphatic rings. The van der Waals surface area contributed by atoms with Gasteiger partial charge in [0.1, 0.15) is 5.75 Å². The van der Waals surface area contributed by atoms with Gasteiger partial charge in [0.2, 0.25) is 4.77 Å². The van der Waals surface area contributed by atoms with Crippen LogP contribution in [-0.4, -0.2) is 32.7 Å². The highest BCUT2D eigenvalue weighted by Gasteiger charge is 2.07. The lowest BCUT2D eigenvalue weighted by Crippen LogP contribution is -1.95. The van der Waals surface area contributed by atoms with E-state index < -0.39 is 0 Å². The molecule has 0 amide bonds. The first-order valence-corrected chi connectivity index (χ1v) is 7.54. The number of nitrogens with zero attached hydrogens (tertiary/aromatic N) is 4. The summed E-state index contributed by atoms with van der Waals surface area (Å²) in [4.78, 5) is 4.09. The zero-order chi connectivity index (χ0) is 16.1. The Bertz CT molecular complexity index is 852. The van der Waals surface area contributed by atoms with Gasteiger partial charge >= 0.3 is 0 Å². The second kappa shape index (κ2) is 6.97. The van der Waals surface area contributed by atoms with Crippen LogP contribution in [0, 0.1) is 4.77 Å². The summed E-state index contributed by atoms with van der Waals surface area (Å²) < 4.78 is 7.41. The molecule has 116 valence electrons. The monoisotopic (exact) mass is 325 g/mol. The standard InChI is InChI=1S/C16H15N5OS/c1-2-22-14-7-5-12(6-8-14)10-18-21-15(19-20-16(21)23)13-4-3-9-17-11-13/h3-11H,2H2,1H3,(H,20,23)/b18-10-. The molecule has 2 heterocycles. The highest BCUT2D eigenvalue weighted by molar-refractivity contribution is 7.71. The Morgan fingerprint density at radius 1 is 1.30 bits per heavy atom. The molecule has 2 aromatic heterocycles. The van der Waals surface area contributed by atoms with Crippen LogP contribution in [0.4, 0.5) is 0 Å². The van der Waals surface area contributed by atoms with Crippen molar-refractivity contribution >= 4 is 18.4 Å². The van der Waals surface area contributed by atoms with Crippen molar-refractivity contribution in [2.24, 2.45) is 5.10 Å². The van der Waals surface area contributed by atoms with E-state index >= 15 is 0 Å². The summed E-state index contributed by atoms with van der Waals surface area (Å²) in [5, 5.41) is 11.4. The number of pyridine rings is 1. The molecule has 0 saturated heterocycles. The van der Waals surface area contributed by atoms with Crippen molar-refractivity contribution in [2.75, 3.05) is 6.61 Å². The van der Waals surface area contributed by atoms with Gasteiger partial charge in [0.05, 0.1) is 12.8 Å². The van der Waals surface area contributed by atoms with E-state index in [0.29, 0.717) is 17.2 Å². The van der Waals surface area contributed by atoms with E-state index in [0.717, 1.165) is 16.9 Å². The maximum absolute atomic E-state index is 5.42. The summed E-state index contributed by atoms with van der Waals surface area (Å²) in [7, 11) is 0. The normalized spacial score (nSPS) is 11.0. The number of aromatic nitrogens is 4. The molecule has 0 spiro atoms. The van der Waals surface area contributed by atoms with Gasteiger partial charge in [-0.2, -0.15) is 14.9 Å². The number of benzene rings is 1. The number of ether oxygens (including phenoxy) is 1. The SMILES string of the molecule is CCOc1ccc(/C=N\n2c(-c3cccnc3)n[nH]c2=S)cc1. The fraction of sp³-hybridized carbons (Fsp3) is 0.125. The van der Waals surface area contributed by atoms with Crippen LogP contribution in [0.3, 0.4) is 0 Å². The first-order valence-electron chi connectivity index (χ1n) is 7.13. The summed E-state index contributed by atoms with van der Waals surface area (Å²) >= 11 is 5.23. The lowest BCUT2D eigenvalue weighted by atomic mass is 10.2. The van der Waals surface area contributed by atoms with Crippen molar-refractivity contribution in [1.29, 1.82) is 0 Å². The van der Waals surface area contributed by atoms with E-state index in [1.54, 1.807) is 23.3 Å². The van der Waals surface area contributed by atoms with Crippen LogP contribution < -0.4 is 4.74 Å². The number of nitrogens with one attached hydrogen (secondary N) is 1. The van der Waals surface area contributed by atoms with Crippen LogP contribution in [0.15, 0.2) is 53.9 Å². The van der Waals surface area contributed by atoms with Crippen molar-refractivity contribution in [3.8, 4) is 17.1 Å². The fourth-order valence-corrected chi connectivity index (χ4v) is 2.20. The van der Waals surface area contributed by atoms with Crippen LogP contribution in [-0.2, 0) is 0 Å². The molecular weight excluding hydrogens is 310 g/mol. The van der Waals surface area contributed by atoms with Crippen molar-refractivity contribution < 1.29 is 4.74 Å². The summed E-state index contributed by atoms with van der Waals surface area (Å²) in [5.41, 5.74) is 1.78. The highest BCUT2D eigenvalue weighted by Crippen LogP contribution is 2.16. The van der Waals surface area contributed by atoms with E-state index in [4.69, 9.17) is 17.0 Å². The van der Waals surface area contributed by atoms with Crippen molar-refractivity contribution in [1.82, 2.24) is 19.9 Å². The summed E-state index contributed by atoms with van der Waals surface area (Å²) in [5.74, 6) is 1.45. The van der Waals surface area contributed by atoms with Crippen LogP contribution in [0.2, 0.25) is 0 Å². The molecule has 0 bridgehead atoms. The second-order valence-corrected chi connectivity index (χ2v) is 5.04. The molecule has 0 atom stereocenters. The Labute approximate surface area is 138 Å². The topological polar surface area (TPSA) is 68.1 Å². The van der Waals surface area contributed by atoms with Gasteiger partial charge in [-0.3, -0.25) is 4.98 Å². The van der Waals surface area contributed by atoms with E-state index in [-0.39, 0.29) is 0 Å². The first kappa shape index (κ1) is 15.1. The number of hydrogen-bond donors (Lipinski definition) is 1. The summed E-state index contributed by atoms with van der Waals surface area (Å²) in [6.07, 6.45) is 5.15. The molecular formula is C16H15N5OS. The minimum Gasteiger partial charge on any atom is -0.494 e. The Balaban J connectivity index is 1.88. The minimum atomic E-state index is 0.422. The zero-order valence-electron chi connectivity index (χ0n) is 12.5. The average molecular weight is 325 g/mol. The molecule has 23 heavy (non-hydrogen) atoms. The van der Waals surface area contributed by atoms with Crippen LogP contribution in [0.25, 0.3) is 11.4 Å². The number of rotatable bonds is 5. The van der Waals surface area contributed by atoms with Crippen molar-refractivity contribution in [2.45, 2.75) is 6.92 Å². The minimum absolute atomic E-state index is 0.422. The van der Waals surface area contributed by atoms with Crippen LogP contribution >= 0.6 is 12.2 Å². The maximum Gasteiger partial charge on any atom is 0.216 e. The predicted octanol–water partition coefficient (Wildman–Crippen LogP) is 3.28. The molecule has 3 rings (SSSR count). The molecule has 3 aromatic rings. The smallest absolute Gasteiger partial charge is 0.216 e. The molecule has 6 nitrogen and oxygen atoms in total. The van der Waals surface area contributed by atoms with Crippen LogP contribution in [0.5, 0.6) is 5.75 Å². The third-order valence-corrected chi connectivity index (χ3v) is 3.35. The van der Waals surface area contributed by atoms with Gasteiger partial charge in [0.25, 0.3) is 0 Å². The molecule has 0 unspecified atom stereocenters. The molecule has 0 radical (unpaired) electrons. The molecule has 0 aliphatic heterocycles. The van der Waals surface area contributed by atoms with Crippen LogP contribution in [0.1, 0.15) is 12.5 Å². The Kier molecular flexibility index (Phi) is 4.58. The largest absolute Gasteiger partial charge is 0.494 e. The number of hydrogen-bond acceptors (Lipinski definition) is 5. The lowest BCUT2D eigenvalue weighted by molar-refractivity contribution is 0.340. The van der Waals surface area contributed by atoms with E-state index in [1.807, 2.05) is 43.3 Å². The lowest BCUT2D eigenvalue weighted by Gasteiger charge is -2.02. The fourth-order valence-electron chi connectivity index (χ4n) is 2.02. The maximum atomic E-state index is 5.42. The van der Waals surface area contributed by atoms with Crippen molar-refractivity contribution in [3.63, 3.8) is 0 Å². The second-order valence-electron chi connectivity index (χ2n) is 4.65. The zero-order valence-corrected chi connectivity index (χ0v) is 13.3. The average Bonchev–Trinajstić information content (AvgIpc) is 2.96. The van der Waals surface area contributed by atoms with E-state index in [2.05, 4.69) is 20.3 Å². The molecule has 7 heteroatoms. The first-order chi connectivity index (χ1) is 11.3. The van der Waals surface area contributed by atoms with Gasteiger partial charge in [0, 0.05) is 18.0 Å². The molecule has 1 aromatic carbocycles. The van der Waals surface area contributed by atoms with Gasteiger partial charge in [-0.15, -0.1) is 0 Å². The summed E-state index contributed by atoms with van der Waals surface area (Å²) in [6.45, 7) is 2.60. The number of H-pyrrole nitrogens is 1. The Hall–Kier alpha value is -2.80. The van der Waals surface area contributed by atoms with Crippen molar-refractivity contribution in [3.05, 3.63) is 59.1 Å². The highest BCUT2D eigenvalue weighted by atomic mass is 32.1. The van der Waals surface area contributed by atoms with Gasteiger partial charge in [-0.25, -0.2) is 5.10 Å². The molecule has 0 saturated carbocycles. The Morgan fingerprint density at radius 2 is 2.13 bits per heavy atom. The van der Waals surface area contributed by atoms with Gasteiger partial charge in [0.15, 0.2) is 5.82 Å². The summed E-state index contributed by atoms with van der Waals surface area (Å²) in [6, 6.07) is 11.4. The van der Waals surface area contributed by atoms with E-state index in [1.165, 1.54) is 0 Å². The third kappa shape index (κ3) is 3.51.